The van der Waals surface area contributed by atoms with E-state index in [-0.39, 0.29) is 10.9 Å². The normalized spacial score (nSPS) is 14.0. The molecule has 0 unspecified atom stereocenters. The largest absolute Gasteiger partial charge is 0.340 e. The average molecular weight is 474 g/mol. The van der Waals surface area contributed by atoms with Gasteiger partial charge in [-0.1, -0.05) is 17.7 Å². The highest BCUT2D eigenvalue weighted by atomic mass is 35.5. The van der Waals surface area contributed by atoms with Crippen LogP contribution in [0.25, 0.3) is 10.2 Å². The van der Waals surface area contributed by atoms with Gasteiger partial charge in [0.25, 0.3) is 0 Å². The summed E-state index contributed by atoms with van der Waals surface area (Å²) in [7, 11) is 2.04. The lowest BCUT2D eigenvalue weighted by atomic mass is 10.0. The van der Waals surface area contributed by atoms with Crippen molar-refractivity contribution in [3.8, 4) is 0 Å². The molecule has 32 heavy (non-hydrogen) atoms. The predicted octanol–water partition coefficient (Wildman–Crippen LogP) is 5.01. The van der Waals surface area contributed by atoms with Crippen molar-refractivity contribution in [3.63, 3.8) is 0 Å². The van der Waals surface area contributed by atoms with Crippen LogP contribution in [0.5, 0.6) is 0 Å². The van der Waals surface area contributed by atoms with Crippen molar-refractivity contribution >= 4 is 50.6 Å². The second-order valence-electron chi connectivity index (χ2n) is 8.11. The molecule has 0 radical (unpaired) electrons. The van der Waals surface area contributed by atoms with Crippen LogP contribution in [-0.4, -0.2) is 51.9 Å². The van der Waals surface area contributed by atoms with Gasteiger partial charge in [0.2, 0.25) is 5.91 Å². The summed E-state index contributed by atoms with van der Waals surface area (Å²) in [5.41, 5.74) is 1.81. The van der Waals surface area contributed by atoms with E-state index in [1.165, 1.54) is 18.5 Å². The average Bonchev–Trinajstić information content (AvgIpc) is 3.14. The molecule has 0 saturated carbocycles. The molecule has 2 aromatic heterocycles. The van der Waals surface area contributed by atoms with E-state index in [0.717, 1.165) is 33.6 Å². The first-order chi connectivity index (χ1) is 15.3. The molecule has 0 aliphatic carbocycles. The number of carbonyl (C=O) groups is 1. The van der Waals surface area contributed by atoms with Crippen molar-refractivity contribution in [2.75, 3.05) is 25.5 Å². The SMILES string of the molecule is CC(C)N(C)C/C=C/C(=O)N1CCc2c(sc3ncnc(Nc4ccc(F)c(Cl)c4)c23)C1. The van der Waals surface area contributed by atoms with E-state index in [9.17, 15) is 9.18 Å². The highest BCUT2D eigenvalue weighted by Crippen LogP contribution is 2.38. The minimum atomic E-state index is -0.465. The Bertz CT molecular complexity index is 1180. The maximum absolute atomic E-state index is 13.5. The second-order valence-corrected chi connectivity index (χ2v) is 9.60. The molecule has 4 rings (SSSR count). The Kier molecular flexibility index (Phi) is 6.74. The minimum absolute atomic E-state index is 0.0237. The fourth-order valence-electron chi connectivity index (χ4n) is 3.56. The molecule has 9 heteroatoms. The van der Waals surface area contributed by atoms with Crippen LogP contribution in [0.2, 0.25) is 5.02 Å². The summed E-state index contributed by atoms with van der Waals surface area (Å²) < 4.78 is 13.5. The standard InChI is InChI=1S/C23H25ClFN5OS/c1-14(2)29(3)9-4-5-20(31)30-10-8-16-19(12-30)32-23-21(16)22(26-13-27-23)28-15-6-7-18(25)17(24)11-15/h4-7,11,13-14H,8-10,12H2,1-3H3,(H,26,27,28)/b5-4+. The molecule has 1 aromatic carbocycles. The number of rotatable bonds is 6. The van der Waals surface area contributed by atoms with Crippen LogP contribution in [0.4, 0.5) is 15.9 Å². The van der Waals surface area contributed by atoms with E-state index in [4.69, 9.17) is 11.6 Å². The Morgan fingerprint density at radius 1 is 1.41 bits per heavy atom. The van der Waals surface area contributed by atoms with Crippen molar-refractivity contribution in [3.05, 3.63) is 58.0 Å². The highest BCUT2D eigenvalue weighted by molar-refractivity contribution is 7.19. The van der Waals surface area contributed by atoms with Gasteiger partial charge < -0.3 is 15.1 Å². The van der Waals surface area contributed by atoms with Crippen molar-refractivity contribution in [1.82, 2.24) is 19.8 Å². The fourth-order valence-corrected chi connectivity index (χ4v) is 4.94. The lowest BCUT2D eigenvalue weighted by Gasteiger charge is -2.26. The van der Waals surface area contributed by atoms with Crippen LogP contribution in [0.15, 0.2) is 36.7 Å². The van der Waals surface area contributed by atoms with E-state index < -0.39 is 5.82 Å². The van der Waals surface area contributed by atoms with Gasteiger partial charge in [-0.3, -0.25) is 4.79 Å². The lowest BCUT2D eigenvalue weighted by molar-refractivity contribution is -0.126. The first kappa shape index (κ1) is 22.6. The molecule has 0 fully saturated rings. The number of anilines is 2. The van der Waals surface area contributed by atoms with Gasteiger partial charge >= 0.3 is 0 Å². The van der Waals surface area contributed by atoms with Crippen molar-refractivity contribution in [2.24, 2.45) is 0 Å². The van der Waals surface area contributed by atoms with Crippen LogP contribution >= 0.6 is 22.9 Å². The maximum atomic E-state index is 13.5. The van der Waals surface area contributed by atoms with Crippen molar-refractivity contribution < 1.29 is 9.18 Å². The number of fused-ring (bicyclic) bond motifs is 3. The monoisotopic (exact) mass is 473 g/mol. The van der Waals surface area contributed by atoms with Crippen LogP contribution in [-0.2, 0) is 17.8 Å². The van der Waals surface area contributed by atoms with Crippen LogP contribution in [0.1, 0.15) is 24.3 Å². The molecule has 1 N–H and O–H groups in total. The number of hydrogen-bond donors (Lipinski definition) is 1. The van der Waals surface area contributed by atoms with E-state index in [2.05, 4.69) is 34.0 Å². The van der Waals surface area contributed by atoms with Gasteiger partial charge in [0, 0.05) is 35.8 Å². The summed E-state index contributed by atoms with van der Waals surface area (Å²) in [5.74, 6) is 0.217. The molecular formula is C23H25ClFN5OS. The number of hydrogen-bond acceptors (Lipinski definition) is 6. The van der Waals surface area contributed by atoms with Gasteiger partial charge in [-0.05, 0) is 51.1 Å². The maximum Gasteiger partial charge on any atom is 0.246 e. The summed E-state index contributed by atoms with van der Waals surface area (Å²) >= 11 is 7.50. The number of carbonyl (C=O) groups excluding carboxylic acids is 1. The number of thiophene rings is 1. The number of nitrogens with one attached hydrogen (secondary N) is 1. The summed E-state index contributed by atoms with van der Waals surface area (Å²) in [6.07, 6.45) is 5.83. The molecule has 3 heterocycles. The highest BCUT2D eigenvalue weighted by Gasteiger charge is 2.25. The zero-order valence-corrected chi connectivity index (χ0v) is 19.8. The number of halogens is 2. The van der Waals surface area contributed by atoms with E-state index >= 15 is 0 Å². The number of benzene rings is 1. The molecule has 1 aliphatic heterocycles. The van der Waals surface area contributed by atoms with Crippen LogP contribution in [0, 0.1) is 5.82 Å². The number of likely N-dealkylation sites (N-methyl/N-ethyl adjacent to an activating group) is 1. The quantitative estimate of drug-likeness (QED) is 0.510. The third kappa shape index (κ3) is 4.77. The van der Waals surface area contributed by atoms with E-state index in [1.54, 1.807) is 23.5 Å². The predicted molar refractivity (Wildman–Crippen MR) is 128 cm³/mol. The molecule has 0 atom stereocenters. The van der Waals surface area contributed by atoms with E-state index in [0.29, 0.717) is 30.6 Å². The third-order valence-electron chi connectivity index (χ3n) is 5.67. The van der Waals surface area contributed by atoms with Gasteiger partial charge in [0.05, 0.1) is 17.0 Å². The Balaban J connectivity index is 1.53. The van der Waals surface area contributed by atoms with Gasteiger partial charge in [-0.25, -0.2) is 14.4 Å². The fraction of sp³-hybridized carbons (Fsp3) is 0.348. The Hall–Kier alpha value is -2.55. The van der Waals surface area contributed by atoms with Gasteiger partial charge in [0.1, 0.15) is 22.8 Å². The Morgan fingerprint density at radius 3 is 2.97 bits per heavy atom. The molecular weight excluding hydrogens is 449 g/mol. The van der Waals surface area contributed by atoms with Crippen LogP contribution in [0.3, 0.4) is 0 Å². The summed E-state index contributed by atoms with van der Waals surface area (Å²) in [6, 6.07) is 4.91. The topological polar surface area (TPSA) is 61.4 Å². The molecule has 1 aliphatic rings. The lowest BCUT2D eigenvalue weighted by Crippen LogP contribution is -2.34. The van der Waals surface area contributed by atoms with Crippen molar-refractivity contribution in [1.29, 1.82) is 0 Å². The third-order valence-corrected chi connectivity index (χ3v) is 7.08. The molecule has 0 bridgehead atoms. The molecule has 168 valence electrons. The molecule has 6 nitrogen and oxygen atoms in total. The molecule has 0 saturated heterocycles. The zero-order chi connectivity index (χ0) is 22.8. The summed E-state index contributed by atoms with van der Waals surface area (Å²) in [5, 5.41) is 4.24. The van der Waals surface area contributed by atoms with Crippen LogP contribution < -0.4 is 5.32 Å². The first-order valence-corrected chi connectivity index (χ1v) is 11.7. The Labute approximate surface area is 195 Å². The second kappa shape index (κ2) is 9.52. The number of nitrogens with zero attached hydrogens (tertiary/aromatic N) is 4. The van der Waals surface area contributed by atoms with Crippen molar-refractivity contribution in [2.45, 2.75) is 32.9 Å². The smallest absolute Gasteiger partial charge is 0.246 e. The minimum Gasteiger partial charge on any atom is -0.340 e. The Morgan fingerprint density at radius 2 is 2.22 bits per heavy atom. The van der Waals surface area contributed by atoms with E-state index in [1.807, 2.05) is 18.0 Å². The van der Waals surface area contributed by atoms with Gasteiger partial charge in [-0.15, -0.1) is 11.3 Å². The molecule has 0 spiro atoms. The van der Waals surface area contributed by atoms with Gasteiger partial charge in [-0.2, -0.15) is 0 Å². The van der Waals surface area contributed by atoms with Gasteiger partial charge in [0.15, 0.2) is 0 Å². The number of amides is 1. The molecule has 1 amide bonds. The number of aromatic nitrogens is 2. The zero-order valence-electron chi connectivity index (χ0n) is 18.2. The first-order valence-electron chi connectivity index (χ1n) is 10.5. The molecule has 3 aromatic rings. The summed E-state index contributed by atoms with van der Waals surface area (Å²) in [4.78, 5) is 27.5. The summed E-state index contributed by atoms with van der Waals surface area (Å²) in [6.45, 7) is 6.18.